The molecule has 0 unspecified atom stereocenters. The number of nitrogens with one attached hydrogen (secondary N) is 3. The van der Waals surface area contributed by atoms with Crippen molar-refractivity contribution >= 4 is 28.2 Å². The predicted molar refractivity (Wildman–Crippen MR) is 118 cm³/mol. The average molecular weight is 418 g/mol. The Hall–Kier alpha value is -4.14. The molecule has 2 aromatic heterocycles. The number of carbonyl (C=O) groups is 1. The van der Waals surface area contributed by atoms with Crippen LogP contribution in [0.5, 0.6) is 0 Å². The first kappa shape index (κ1) is 20.1. The fourth-order valence-electron chi connectivity index (χ4n) is 3.47. The number of H-pyrrole nitrogens is 1. The van der Waals surface area contributed by atoms with E-state index in [0.717, 1.165) is 22.9 Å². The van der Waals surface area contributed by atoms with Gasteiger partial charge >= 0.3 is 0 Å². The summed E-state index contributed by atoms with van der Waals surface area (Å²) in [7, 11) is 0. The zero-order chi connectivity index (χ0) is 21.6. The first-order valence-corrected chi connectivity index (χ1v) is 9.94. The molecule has 4 rings (SSSR count). The second-order valence-corrected chi connectivity index (χ2v) is 7.06. The second kappa shape index (κ2) is 9.12. The van der Waals surface area contributed by atoms with Crippen LogP contribution in [0.15, 0.2) is 67.4 Å². The van der Waals surface area contributed by atoms with Gasteiger partial charge in [0, 0.05) is 55.1 Å². The van der Waals surface area contributed by atoms with Crippen molar-refractivity contribution < 1.29 is 9.72 Å². The van der Waals surface area contributed by atoms with E-state index in [1.165, 1.54) is 6.07 Å². The molecule has 2 aromatic carbocycles. The molecule has 1 amide bonds. The number of amides is 1. The van der Waals surface area contributed by atoms with Gasteiger partial charge in [-0.3, -0.25) is 14.9 Å². The quantitative estimate of drug-likeness (QED) is 0.284. The number of anilines is 1. The van der Waals surface area contributed by atoms with Crippen LogP contribution in [0.3, 0.4) is 0 Å². The maximum Gasteiger partial charge on any atom is 0.294 e. The number of benzene rings is 2. The van der Waals surface area contributed by atoms with E-state index in [0.29, 0.717) is 24.5 Å². The predicted octanol–water partition coefficient (Wildman–Crippen LogP) is 3.42. The van der Waals surface area contributed by atoms with Crippen LogP contribution in [-0.2, 0) is 11.2 Å². The highest BCUT2D eigenvalue weighted by Gasteiger charge is 2.15. The standard InChI is InChI=1S/C22H22N6O3/c29-22(25-9-7-16-14-26-19-4-2-1-3-18(16)19)8-10-24-20-6-5-17(13-21(20)28(30)31)27-12-11-23-15-27/h1-6,11-15,24,26H,7-10H2,(H,25,29). The van der Waals surface area contributed by atoms with Crippen LogP contribution in [0.25, 0.3) is 16.6 Å². The van der Waals surface area contributed by atoms with E-state index in [1.807, 2.05) is 24.4 Å². The lowest BCUT2D eigenvalue weighted by Gasteiger charge is -2.09. The van der Waals surface area contributed by atoms with Gasteiger partial charge in [-0.25, -0.2) is 4.98 Å². The first-order valence-electron chi connectivity index (χ1n) is 9.94. The lowest BCUT2D eigenvalue weighted by atomic mass is 10.1. The van der Waals surface area contributed by atoms with Gasteiger partial charge in [-0.15, -0.1) is 0 Å². The maximum atomic E-state index is 12.2. The molecule has 0 aliphatic rings. The van der Waals surface area contributed by atoms with Crippen molar-refractivity contribution in [3.63, 3.8) is 0 Å². The summed E-state index contributed by atoms with van der Waals surface area (Å²) < 4.78 is 1.69. The summed E-state index contributed by atoms with van der Waals surface area (Å²) in [6.45, 7) is 0.824. The Bertz CT molecular complexity index is 1200. The number of imidazole rings is 1. The van der Waals surface area contributed by atoms with Gasteiger partial charge in [0.2, 0.25) is 5.91 Å². The summed E-state index contributed by atoms with van der Waals surface area (Å²) in [5.41, 5.74) is 3.20. The maximum absolute atomic E-state index is 12.2. The summed E-state index contributed by atoms with van der Waals surface area (Å²) in [6.07, 6.45) is 7.80. The molecule has 0 atom stereocenters. The second-order valence-electron chi connectivity index (χ2n) is 7.06. The Labute approximate surface area is 178 Å². The van der Waals surface area contributed by atoms with Crippen molar-refractivity contribution in [3.8, 4) is 5.69 Å². The van der Waals surface area contributed by atoms with Gasteiger partial charge in [0.25, 0.3) is 5.69 Å². The number of fused-ring (bicyclic) bond motifs is 1. The van der Waals surface area contributed by atoms with Crippen LogP contribution in [0, 0.1) is 10.1 Å². The fraction of sp³-hybridized carbons (Fsp3) is 0.182. The summed E-state index contributed by atoms with van der Waals surface area (Å²) in [5, 5.41) is 18.5. The van der Waals surface area contributed by atoms with Crippen LogP contribution < -0.4 is 10.6 Å². The van der Waals surface area contributed by atoms with Crippen molar-refractivity contribution in [2.45, 2.75) is 12.8 Å². The number of aromatic nitrogens is 3. The molecule has 0 aliphatic heterocycles. The van der Waals surface area contributed by atoms with Crippen LogP contribution in [0.4, 0.5) is 11.4 Å². The van der Waals surface area contributed by atoms with Crippen molar-refractivity contribution in [2.24, 2.45) is 0 Å². The van der Waals surface area contributed by atoms with E-state index in [1.54, 1.807) is 35.4 Å². The van der Waals surface area contributed by atoms with Crippen molar-refractivity contribution in [3.05, 3.63) is 83.1 Å². The van der Waals surface area contributed by atoms with Crippen LogP contribution in [0.2, 0.25) is 0 Å². The molecule has 0 radical (unpaired) electrons. The monoisotopic (exact) mass is 418 g/mol. The normalized spacial score (nSPS) is 10.8. The summed E-state index contributed by atoms with van der Waals surface area (Å²) in [4.78, 5) is 30.3. The molecule has 0 bridgehead atoms. The van der Waals surface area contributed by atoms with Crippen molar-refractivity contribution in [1.82, 2.24) is 19.9 Å². The molecule has 9 heteroatoms. The molecule has 0 saturated carbocycles. The van der Waals surface area contributed by atoms with Crippen molar-refractivity contribution in [2.75, 3.05) is 18.4 Å². The number of carbonyl (C=O) groups excluding carboxylic acids is 1. The van der Waals surface area contributed by atoms with Gasteiger partial charge in [0.15, 0.2) is 0 Å². The number of para-hydroxylation sites is 1. The molecule has 3 N–H and O–H groups in total. The summed E-state index contributed by atoms with van der Waals surface area (Å²) in [5.74, 6) is -0.106. The highest BCUT2D eigenvalue weighted by molar-refractivity contribution is 5.83. The summed E-state index contributed by atoms with van der Waals surface area (Å²) >= 11 is 0. The number of hydrogen-bond donors (Lipinski definition) is 3. The zero-order valence-corrected chi connectivity index (χ0v) is 16.7. The number of nitrogens with zero attached hydrogens (tertiary/aromatic N) is 3. The number of nitro groups is 1. The number of aromatic amines is 1. The van der Waals surface area contributed by atoms with E-state index in [9.17, 15) is 14.9 Å². The number of hydrogen-bond acceptors (Lipinski definition) is 5. The molecule has 2 heterocycles. The van der Waals surface area contributed by atoms with Gasteiger partial charge in [0.05, 0.1) is 16.9 Å². The van der Waals surface area contributed by atoms with Gasteiger partial charge in [-0.1, -0.05) is 18.2 Å². The van der Waals surface area contributed by atoms with E-state index in [4.69, 9.17) is 0 Å². The van der Waals surface area contributed by atoms with Crippen LogP contribution in [0.1, 0.15) is 12.0 Å². The average Bonchev–Trinajstić information content (AvgIpc) is 3.44. The number of nitro benzene ring substituents is 1. The molecular formula is C22H22N6O3. The minimum Gasteiger partial charge on any atom is -0.379 e. The molecule has 9 nitrogen and oxygen atoms in total. The van der Waals surface area contributed by atoms with Gasteiger partial charge in [-0.2, -0.15) is 0 Å². The van der Waals surface area contributed by atoms with Gasteiger partial charge in [0.1, 0.15) is 5.69 Å². The smallest absolute Gasteiger partial charge is 0.294 e. The Morgan fingerprint density at radius 2 is 2.06 bits per heavy atom. The Morgan fingerprint density at radius 3 is 2.87 bits per heavy atom. The summed E-state index contributed by atoms with van der Waals surface area (Å²) in [6, 6.07) is 12.9. The molecule has 0 spiro atoms. The van der Waals surface area contributed by atoms with Crippen LogP contribution >= 0.6 is 0 Å². The molecule has 0 saturated heterocycles. The molecule has 0 aliphatic carbocycles. The van der Waals surface area contributed by atoms with E-state index < -0.39 is 4.92 Å². The highest BCUT2D eigenvalue weighted by Crippen LogP contribution is 2.27. The first-order chi connectivity index (χ1) is 15.1. The Morgan fingerprint density at radius 1 is 1.19 bits per heavy atom. The third-order valence-electron chi connectivity index (χ3n) is 5.04. The molecule has 31 heavy (non-hydrogen) atoms. The fourth-order valence-corrected chi connectivity index (χ4v) is 3.47. The van der Waals surface area contributed by atoms with E-state index in [2.05, 4.69) is 26.7 Å². The van der Waals surface area contributed by atoms with E-state index in [-0.39, 0.29) is 18.0 Å². The Kier molecular flexibility index (Phi) is 5.93. The van der Waals surface area contributed by atoms with Crippen molar-refractivity contribution in [1.29, 1.82) is 0 Å². The van der Waals surface area contributed by atoms with Gasteiger partial charge in [-0.05, 0) is 30.2 Å². The van der Waals surface area contributed by atoms with E-state index >= 15 is 0 Å². The third-order valence-corrected chi connectivity index (χ3v) is 5.04. The Balaban J connectivity index is 1.27. The zero-order valence-electron chi connectivity index (χ0n) is 16.7. The van der Waals surface area contributed by atoms with Crippen LogP contribution in [-0.4, -0.2) is 38.5 Å². The lowest BCUT2D eigenvalue weighted by molar-refractivity contribution is -0.383. The topological polar surface area (TPSA) is 118 Å². The largest absolute Gasteiger partial charge is 0.379 e. The molecular weight excluding hydrogens is 396 g/mol. The molecule has 4 aromatic rings. The minimum atomic E-state index is -0.440. The molecule has 0 fully saturated rings. The SMILES string of the molecule is O=C(CCNc1ccc(-n2ccnc2)cc1[N+](=O)[O-])NCCc1c[nH]c2ccccc12. The number of rotatable bonds is 9. The molecule has 158 valence electrons. The lowest BCUT2D eigenvalue weighted by Crippen LogP contribution is -2.27. The minimum absolute atomic E-state index is 0.0501. The third kappa shape index (κ3) is 4.72. The van der Waals surface area contributed by atoms with Gasteiger partial charge < -0.3 is 20.2 Å². The highest BCUT2D eigenvalue weighted by atomic mass is 16.6.